The highest BCUT2D eigenvalue weighted by molar-refractivity contribution is 7.07. The summed E-state index contributed by atoms with van der Waals surface area (Å²) in [5.41, 5.74) is 1.61. The van der Waals surface area contributed by atoms with Crippen LogP contribution in [0.3, 0.4) is 0 Å². The number of hydrogen-bond donors (Lipinski definition) is 0. The molecule has 2 heterocycles. The van der Waals surface area contributed by atoms with Gasteiger partial charge in [0.15, 0.2) is 16.3 Å². The highest BCUT2D eigenvalue weighted by Gasteiger charge is 2.33. The van der Waals surface area contributed by atoms with Gasteiger partial charge in [-0.2, -0.15) is 0 Å². The fraction of sp³-hybridized carbons (Fsp3) is 0.231. The van der Waals surface area contributed by atoms with Crippen LogP contribution >= 0.6 is 11.3 Å². The highest BCUT2D eigenvalue weighted by Crippen LogP contribution is 2.36. The Morgan fingerprint density at radius 2 is 1.75 bits per heavy atom. The van der Waals surface area contributed by atoms with Gasteiger partial charge in [-0.05, 0) is 36.8 Å². The highest BCUT2D eigenvalue weighted by atomic mass is 32.1. The van der Waals surface area contributed by atoms with Gasteiger partial charge < -0.3 is 18.9 Å². The molecular formula is C26H24N2O7S. The van der Waals surface area contributed by atoms with Gasteiger partial charge in [0.25, 0.3) is 5.56 Å². The number of methoxy groups -OCH3 is 3. The summed E-state index contributed by atoms with van der Waals surface area (Å²) in [6.07, 6.45) is 1.74. The number of carbonyl (C=O) groups is 2. The molecule has 186 valence electrons. The van der Waals surface area contributed by atoms with Crippen LogP contribution in [0.25, 0.3) is 6.08 Å². The van der Waals surface area contributed by atoms with Crippen LogP contribution in [-0.4, -0.2) is 37.8 Å². The molecule has 0 radical (unpaired) electrons. The Kier molecular flexibility index (Phi) is 7.07. The van der Waals surface area contributed by atoms with Crippen LogP contribution < -0.4 is 29.1 Å². The van der Waals surface area contributed by atoms with Gasteiger partial charge in [-0.15, -0.1) is 0 Å². The minimum atomic E-state index is -0.839. The molecule has 0 N–H and O–H groups in total. The molecule has 0 spiro atoms. The first kappa shape index (κ1) is 24.9. The zero-order valence-electron chi connectivity index (χ0n) is 20.4. The molecule has 1 atom stereocenters. The topological polar surface area (TPSA) is 105 Å². The number of allylic oxidation sites excluding steroid dienone is 1. The molecule has 1 unspecified atom stereocenters. The average molecular weight is 509 g/mol. The van der Waals surface area contributed by atoms with E-state index < -0.39 is 18.0 Å². The summed E-state index contributed by atoms with van der Waals surface area (Å²) in [5, 5.41) is 0. The van der Waals surface area contributed by atoms with E-state index in [1.807, 2.05) is 24.3 Å². The lowest BCUT2D eigenvalue weighted by atomic mass is 9.95. The SMILES string of the molecule is COC(=O)C1=C(C)N=c2s/c(=C/c3ccccc3OC)c(=O)n2C1c1ccc(OC(C)=O)c(OC)c1. The zero-order chi connectivity index (χ0) is 26.0. The number of benzene rings is 2. The fourth-order valence-corrected chi connectivity index (χ4v) is 5.07. The van der Waals surface area contributed by atoms with Gasteiger partial charge in [0.2, 0.25) is 0 Å². The molecule has 0 fully saturated rings. The molecule has 3 aromatic rings. The molecule has 9 nitrogen and oxygen atoms in total. The molecule has 1 aromatic heterocycles. The van der Waals surface area contributed by atoms with Gasteiger partial charge in [-0.3, -0.25) is 14.2 Å². The summed E-state index contributed by atoms with van der Waals surface area (Å²) in [4.78, 5) is 43.0. The summed E-state index contributed by atoms with van der Waals surface area (Å²) >= 11 is 1.21. The van der Waals surface area contributed by atoms with E-state index >= 15 is 0 Å². The van der Waals surface area contributed by atoms with Crippen molar-refractivity contribution < 1.29 is 28.5 Å². The molecule has 2 aromatic carbocycles. The Balaban J connectivity index is 1.97. The molecule has 0 amide bonds. The van der Waals surface area contributed by atoms with Gasteiger partial charge in [-0.1, -0.05) is 35.6 Å². The van der Waals surface area contributed by atoms with Crippen molar-refractivity contribution >= 4 is 29.4 Å². The molecule has 4 rings (SSSR count). The molecule has 1 aliphatic rings. The number of thiazole rings is 1. The maximum atomic E-state index is 13.7. The lowest BCUT2D eigenvalue weighted by Gasteiger charge is -2.25. The number of fused-ring (bicyclic) bond motifs is 1. The molecule has 1 aliphatic heterocycles. The molecule has 0 bridgehead atoms. The van der Waals surface area contributed by atoms with E-state index in [1.165, 1.54) is 37.0 Å². The first-order valence-corrected chi connectivity index (χ1v) is 11.7. The van der Waals surface area contributed by atoms with E-state index in [-0.39, 0.29) is 22.6 Å². The third kappa shape index (κ3) is 4.55. The minimum Gasteiger partial charge on any atom is -0.496 e. The van der Waals surface area contributed by atoms with Crippen LogP contribution in [0.1, 0.15) is 31.0 Å². The molecular weight excluding hydrogens is 484 g/mol. The summed E-state index contributed by atoms with van der Waals surface area (Å²) in [6.45, 7) is 2.98. The van der Waals surface area contributed by atoms with Gasteiger partial charge in [0, 0.05) is 12.5 Å². The van der Waals surface area contributed by atoms with Gasteiger partial charge >= 0.3 is 11.9 Å². The Bertz CT molecular complexity index is 1570. The predicted octanol–water partition coefficient (Wildman–Crippen LogP) is 2.35. The average Bonchev–Trinajstić information content (AvgIpc) is 3.17. The Labute approximate surface area is 210 Å². The summed E-state index contributed by atoms with van der Waals surface area (Å²) in [7, 11) is 4.27. The first-order valence-electron chi connectivity index (χ1n) is 10.9. The third-order valence-corrected chi connectivity index (χ3v) is 6.59. The number of carbonyl (C=O) groups excluding carboxylic acids is 2. The summed E-state index contributed by atoms with van der Waals surface area (Å²) in [5.74, 6) is 0.00661. The molecule has 0 aliphatic carbocycles. The second-order valence-electron chi connectivity index (χ2n) is 7.82. The lowest BCUT2D eigenvalue weighted by molar-refractivity contribution is -0.136. The number of hydrogen-bond acceptors (Lipinski definition) is 9. The standard InChI is InChI=1S/C26H24N2O7S/c1-14-22(25(31)34-5)23(17-10-11-19(35-15(2)29)20(12-17)33-4)28-24(30)21(36-26(28)27-14)13-16-8-6-7-9-18(16)32-3/h6-13,23H,1-5H3/b21-13+. The van der Waals surface area contributed by atoms with Crippen LogP contribution in [0, 0.1) is 0 Å². The Morgan fingerprint density at radius 3 is 2.42 bits per heavy atom. The Morgan fingerprint density at radius 1 is 1.03 bits per heavy atom. The lowest BCUT2D eigenvalue weighted by Crippen LogP contribution is -2.39. The van der Waals surface area contributed by atoms with Crippen molar-refractivity contribution in [1.82, 2.24) is 4.57 Å². The number of rotatable bonds is 6. The third-order valence-electron chi connectivity index (χ3n) is 5.61. The van der Waals surface area contributed by atoms with E-state index in [2.05, 4.69) is 4.99 Å². The fourth-order valence-electron chi connectivity index (χ4n) is 4.03. The Hall–Kier alpha value is -4.18. The van der Waals surface area contributed by atoms with E-state index in [0.29, 0.717) is 26.3 Å². The summed E-state index contributed by atoms with van der Waals surface area (Å²) < 4.78 is 23.0. The normalized spacial score (nSPS) is 15.1. The molecule has 0 saturated carbocycles. The first-order chi connectivity index (χ1) is 17.3. The number of esters is 2. The second kappa shape index (κ2) is 10.2. The van der Waals surface area contributed by atoms with E-state index in [0.717, 1.165) is 5.56 Å². The molecule has 36 heavy (non-hydrogen) atoms. The van der Waals surface area contributed by atoms with Crippen molar-refractivity contribution in [3.8, 4) is 17.2 Å². The van der Waals surface area contributed by atoms with Crippen molar-refractivity contribution in [2.75, 3.05) is 21.3 Å². The predicted molar refractivity (Wildman–Crippen MR) is 133 cm³/mol. The maximum Gasteiger partial charge on any atom is 0.338 e. The smallest absolute Gasteiger partial charge is 0.338 e. The van der Waals surface area contributed by atoms with Crippen LogP contribution in [0.15, 0.2) is 63.5 Å². The van der Waals surface area contributed by atoms with Crippen molar-refractivity contribution in [2.45, 2.75) is 19.9 Å². The monoisotopic (exact) mass is 508 g/mol. The zero-order valence-corrected chi connectivity index (χ0v) is 21.2. The van der Waals surface area contributed by atoms with Crippen LogP contribution in [0.5, 0.6) is 17.2 Å². The number of para-hydroxylation sites is 1. The van der Waals surface area contributed by atoms with E-state index in [4.69, 9.17) is 18.9 Å². The quantitative estimate of drug-likeness (QED) is 0.372. The van der Waals surface area contributed by atoms with Crippen molar-refractivity contribution in [1.29, 1.82) is 0 Å². The van der Waals surface area contributed by atoms with Gasteiger partial charge in [0.1, 0.15) is 5.75 Å². The maximum absolute atomic E-state index is 13.7. The largest absolute Gasteiger partial charge is 0.496 e. The van der Waals surface area contributed by atoms with Gasteiger partial charge in [-0.25, -0.2) is 9.79 Å². The minimum absolute atomic E-state index is 0.219. The summed E-state index contributed by atoms with van der Waals surface area (Å²) in [6, 6.07) is 11.4. The number of nitrogens with zero attached hydrogens (tertiary/aromatic N) is 2. The van der Waals surface area contributed by atoms with Crippen LogP contribution in [0.2, 0.25) is 0 Å². The number of aromatic nitrogens is 1. The van der Waals surface area contributed by atoms with Crippen molar-refractivity contribution in [3.05, 3.63) is 84.5 Å². The van der Waals surface area contributed by atoms with E-state index in [1.54, 1.807) is 38.3 Å². The van der Waals surface area contributed by atoms with E-state index in [9.17, 15) is 14.4 Å². The number of ether oxygens (including phenoxy) is 4. The molecule has 0 saturated heterocycles. The van der Waals surface area contributed by atoms with Crippen LogP contribution in [0.4, 0.5) is 0 Å². The van der Waals surface area contributed by atoms with Crippen LogP contribution in [-0.2, 0) is 14.3 Å². The van der Waals surface area contributed by atoms with Gasteiger partial charge in [0.05, 0.1) is 43.2 Å². The van der Waals surface area contributed by atoms with Crippen molar-refractivity contribution in [2.24, 2.45) is 4.99 Å². The second-order valence-corrected chi connectivity index (χ2v) is 8.83. The molecule has 10 heteroatoms. The van der Waals surface area contributed by atoms with Crippen molar-refractivity contribution in [3.63, 3.8) is 0 Å².